The molecule has 0 unspecified atom stereocenters. The molecule has 2 heterocycles. The molecule has 1 aliphatic heterocycles. The summed E-state index contributed by atoms with van der Waals surface area (Å²) in [5.74, 6) is 1.19. The fraction of sp³-hybridized carbons (Fsp3) is 0.368. The number of nitrogens with one attached hydrogen (secondary N) is 1. The number of benzene rings is 1. The molecule has 0 spiro atoms. The Morgan fingerprint density at radius 3 is 2.59 bits per heavy atom. The van der Waals surface area contributed by atoms with E-state index in [1.54, 1.807) is 34.2 Å². The Kier molecular flexibility index (Phi) is 6.19. The van der Waals surface area contributed by atoms with Crippen LogP contribution in [0.3, 0.4) is 0 Å². The van der Waals surface area contributed by atoms with E-state index in [-0.39, 0.29) is 12.1 Å². The van der Waals surface area contributed by atoms with Crippen LogP contribution < -0.4 is 10.1 Å². The second-order valence-electron chi connectivity index (χ2n) is 6.26. The van der Waals surface area contributed by atoms with Gasteiger partial charge in [0.05, 0.1) is 12.2 Å². The normalized spacial score (nSPS) is 14.4. The number of ether oxygens (including phenoxy) is 1. The van der Waals surface area contributed by atoms with Crippen LogP contribution in [-0.2, 0) is 6.54 Å². The topological polar surface area (TPSA) is 87.7 Å². The van der Waals surface area contributed by atoms with Crippen molar-refractivity contribution < 1.29 is 14.3 Å². The molecule has 0 atom stereocenters. The number of hydrogen-bond acceptors (Lipinski definition) is 5. The van der Waals surface area contributed by atoms with Crippen LogP contribution in [0.25, 0.3) is 0 Å². The maximum absolute atomic E-state index is 12.4. The smallest absolute Gasteiger partial charge is 0.410 e. The molecule has 3 rings (SSSR count). The zero-order valence-corrected chi connectivity index (χ0v) is 15.3. The highest BCUT2D eigenvalue weighted by Gasteiger charge is 2.23. The van der Waals surface area contributed by atoms with E-state index in [0.717, 1.165) is 5.69 Å². The monoisotopic (exact) mass is 369 g/mol. The number of urea groups is 1. The Hall–Kier alpha value is -3.16. The zero-order valence-electron chi connectivity index (χ0n) is 15.3. The van der Waals surface area contributed by atoms with Gasteiger partial charge in [0.15, 0.2) is 0 Å². The molecule has 0 aliphatic carbocycles. The Bertz CT molecular complexity index is 784. The minimum atomic E-state index is -0.389. The van der Waals surface area contributed by atoms with E-state index in [1.165, 1.54) is 0 Å². The third-order valence-electron chi connectivity index (χ3n) is 4.24. The highest BCUT2D eigenvalue weighted by Crippen LogP contribution is 2.12. The van der Waals surface area contributed by atoms with Crippen molar-refractivity contribution in [3.05, 3.63) is 54.1 Å². The van der Waals surface area contributed by atoms with Crippen molar-refractivity contribution in [2.24, 2.45) is 0 Å². The molecular weight excluding hydrogens is 346 g/mol. The van der Waals surface area contributed by atoms with Crippen LogP contribution in [0.2, 0.25) is 0 Å². The van der Waals surface area contributed by atoms with Crippen LogP contribution in [0.4, 0.5) is 9.59 Å². The first-order valence-corrected chi connectivity index (χ1v) is 8.95. The van der Waals surface area contributed by atoms with Gasteiger partial charge in [-0.3, -0.25) is 0 Å². The molecule has 1 fully saturated rings. The molecule has 2 aromatic rings. The number of rotatable bonds is 3. The van der Waals surface area contributed by atoms with Gasteiger partial charge < -0.3 is 19.9 Å². The maximum Gasteiger partial charge on any atom is 0.415 e. The average molecular weight is 369 g/mol. The Balaban J connectivity index is 1.48. The molecule has 142 valence electrons. The molecule has 3 amide bonds. The maximum atomic E-state index is 12.4. The third kappa shape index (κ3) is 5.40. The van der Waals surface area contributed by atoms with Crippen molar-refractivity contribution in [3.8, 4) is 5.75 Å². The molecule has 1 N–H and O–H groups in total. The molecule has 0 bridgehead atoms. The van der Waals surface area contributed by atoms with Crippen LogP contribution in [0, 0.1) is 6.92 Å². The predicted molar refractivity (Wildman–Crippen MR) is 99.2 cm³/mol. The van der Waals surface area contributed by atoms with Crippen molar-refractivity contribution in [2.75, 3.05) is 26.2 Å². The number of nitrogens with zero attached hydrogens (tertiary/aromatic N) is 4. The van der Waals surface area contributed by atoms with E-state index >= 15 is 0 Å². The standard InChI is InChI=1S/C19H23N5O3/c1-15-20-9-8-16(22-15)14-21-18(25)23-10-5-11-24(13-12-23)19(26)27-17-6-3-2-4-7-17/h2-4,6-9H,5,10-14H2,1H3,(H,21,25). The number of carbonyl (C=O) groups excluding carboxylic acids is 2. The summed E-state index contributed by atoms with van der Waals surface area (Å²) < 4.78 is 5.38. The van der Waals surface area contributed by atoms with Gasteiger partial charge in [-0.2, -0.15) is 0 Å². The summed E-state index contributed by atoms with van der Waals surface area (Å²) in [5.41, 5.74) is 0.763. The summed E-state index contributed by atoms with van der Waals surface area (Å²) in [5, 5.41) is 2.87. The zero-order chi connectivity index (χ0) is 19.1. The number of carbonyl (C=O) groups is 2. The third-order valence-corrected chi connectivity index (χ3v) is 4.24. The lowest BCUT2D eigenvalue weighted by molar-refractivity contribution is 0.153. The van der Waals surface area contributed by atoms with Gasteiger partial charge in [-0.1, -0.05) is 18.2 Å². The molecule has 1 aromatic heterocycles. The van der Waals surface area contributed by atoms with Gasteiger partial charge in [0, 0.05) is 32.4 Å². The van der Waals surface area contributed by atoms with Crippen LogP contribution in [0.1, 0.15) is 17.9 Å². The summed E-state index contributed by atoms with van der Waals surface area (Å²) in [6.07, 6.45) is 1.98. The first-order chi connectivity index (χ1) is 13.1. The van der Waals surface area contributed by atoms with Crippen molar-refractivity contribution in [2.45, 2.75) is 19.9 Å². The average Bonchev–Trinajstić information content (AvgIpc) is 2.93. The summed E-state index contributed by atoms with van der Waals surface area (Å²) >= 11 is 0. The number of aryl methyl sites for hydroxylation is 1. The summed E-state index contributed by atoms with van der Waals surface area (Å²) in [6.45, 7) is 4.19. The number of aromatic nitrogens is 2. The first-order valence-electron chi connectivity index (χ1n) is 8.95. The minimum Gasteiger partial charge on any atom is -0.410 e. The SMILES string of the molecule is Cc1nccc(CNC(=O)N2CCCN(C(=O)Oc3ccccc3)CC2)n1. The molecule has 8 nitrogen and oxygen atoms in total. The number of para-hydroxylation sites is 1. The summed E-state index contributed by atoms with van der Waals surface area (Å²) in [7, 11) is 0. The fourth-order valence-electron chi connectivity index (χ4n) is 2.84. The van der Waals surface area contributed by atoms with Gasteiger partial charge in [-0.25, -0.2) is 19.6 Å². The Labute approximate surface area is 158 Å². The van der Waals surface area contributed by atoms with Gasteiger partial charge in [-0.15, -0.1) is 0 Å². The van der Waals surface area contributed by atoms with Crippen LogP contribution in [0.5, 0.6) is 5.75 Å². The molecule has 8 heteroatoms. The first kappa shape index (κ1) is 18.6. The Morgan fingerprint density at radius 2 is 1.81 bits per heavy atom. The largest absolute Gasteiger partial charge is 0.415 e. The Morgan fingerprint density at radius 1 is 1.07 bits per heavy atom. The highest BCUT2D eigenvalue weighted by molar-refractivity contribution is 5.74. The molecule has 1 aromatic carbocycles. The van der Waals surface area contributed by atoms with E-state index in [4.69, 9.17) is 4.74 Å². The molecule has 27 heavy (non-hydrogen) atoms. The highest BCUT2D eigenvalue weighted by atomic mass is 16.6. The molecule has 0 saturated carbocycles. The molecule has 1 aliphatic rings. The lowest BCUT2D eigenvalue weighted by Gasteiger charge is -2.22. The summed E-state index contributed by atoms with van der Waals surface area (Å²) in [6, 6.07) is 10.6. The van der Waals surface area contributed by atoms with E-state index in [1.807, 2.05) is 25.1 Å². The van der Waals surface area contributed by atoms with Gasteiger partial charge in [0.2, 0.25) is 0 Å². The molecule has 0 radical (unpaired) electrons. The minimum absolute atomic E-state index is 0.162. The van der Waals surface area contributed by atoms with E-state index in [0.29, 0.717) is 50.7 Å². The second-order valence-corrected chi connectivity index (χ2v) is 6.26. The van der Waals surface area contributed by atoms with Gasteiger partial charge >= 0.3 is 12.1 Å². The van der Waals surface area contributed by atoms with E-state index in [2.05, 4.69) is 15.3 Å². The van der Waals surface area contributed by atoms with Crippen molar-refractivity contribution >= 4 is 12.1 Å². The molecular formula is C19H23N5O3. The fourth-order valence-corrected chi connectivity index (χ4v) is 2.84. The summed E-state index contributed by atoms with van der Waals surface area (Å²) in [4.78, 5) is 36.4. The van der Waals surface area contributed by atoms with Gasteiger partial charge in [0.1, 0.15) is 11.6 Å². The van der Waals surface area contributed by atoms with Crippen LogP contribution in [-0.4, -0.2) is 58.1 Å². The molecule has 1 saturated heterocycles. The van der Waals surface area contributed by atoms with Crippen molar-refractivity contribution in [1.82, 2.24) is 25.1 Å². The van der Waals surface area contributed by atoms with Crippen LogP contribution in [0.15, 0.2) is 42.6 Å². The van der Waals surface area contributed by atoms with Crippen LogP contribution >= 0.6 is 0 Å². The predicted octanol–water partition coefficient (Wildman–Crippen LogP) is 2.20. The van der Waals surface area contributed by atoms with Crippen molar-refractivity contribution in [3.63, 3.8) is 0 Å². The lowest BCUT2D eigenvalue weighted by atomic mass is 10.3. The van der Waals surface area contributed by atoms with Gasteiger partial charge in [0.25, 0.3) is 0 Å². The van der Waals surface area contributed by atoms with Crippen molar-refractivity contribution in [1.29, 1.82) is 0 Å². The van der Waals surface area contributed by atoms with E-state index < -0.39 is 0 Å². The number of amides is 3. The quantitative estimate of drug-likeness (QED) is 0.896. The second kappa shape index (κ2) is 8.98. The van der Waals surface area contributed by atoms with Gasteiger partial charge in [-0.05, 0) is 31.5 Å². The lowest BCUT2D eigenvalue weighted by Crippen LogP contribution is -2.42. The number of hydrogen-bond donors (Lipinski definition) is 1. The van der Waals surface area contributed by atoms with E-state index in [9.17, 15) is 9.59 Å².